The van der Waals surface area contributed by atoms with Crippen LogP contribution in [0.3, 0.4) is 0 Å². The van der Waals surface area contributed by atoms with Gasteiger partial charge in [-0.15, -0.1) is 11.3 Å². The summed E-state index contributed by atoms with van der Waals surface area (Å²) in [5.41, 5.74) is 5.53. The van der Waals surface area contributed by atoms with Crippen molar-refractivity contribution in [1.29, 1.82) is 5.26 Å². The topological polar surface area (TPSA) is 112 Å². The number of fused-ring (bicyclic) bond motifs is 1. The average Bonchev–Trinajstić information content (AvgIpc) is 3.01. The minimum atomic E-state index is -1.49. The van der Waals surface area contributed by atoms with Gasteiger partial charge in [-0.2, -0.15) is 5.26 Å². The molecule has 0 saturated carbocycles. The van der Waals surface area contributed by atoms with Crippen LogP contribution in [0.2, 0.25) is 0 Å². The van der Waals surface area contributed by atoms with E-state index in [0.717, 1.165) is 5.39 Å². The van der Waals surface area contributed by atoms with Crippen LogP contribution in [-0.2, 0) is 10.3 Å². The van der Waals surface area contributed by atoms with Crippen LogP contribution < -0.4 is 5.73 Å². The summed E-state index contributed by atoms with van der Waals surface area (Å²) in [6.07, 6.45) is 0.216. The predicted octanol–water partition coefficient (Wildman–Crippen LogP) is 0.739. The molecule has 0 aliphatic carbocycles. The molecule has 1 aliphatic rings. The summed E-state index contributed by atoms with van der Waals surface area (Å²) in [7, 11) is 0. The highest BCUT2D eigenvalue weighted by molar-refractivity contribution is 7.11. The van der Waals surface area contributed by atoms with Crippen LogP contribution in [0, 0.1) is 11.3 Å². The van der Waals surface area contributed by atoms with Crippen molar-refractivity contribution in [2.45, 2.75) is 24.2 Å². The van der Waals surface area contributed by atoms with Gasteiger partial charge in [-0.1, -0.05) is 0 Å². The lowest BCUT2D eigenvalue weighted by atomic mass is 9.95. The lowest BCUT2D eigenvalue weighted by Gasteiger charge is -2.23. The van der Waals surface area contributed by atoms with Crippen molar-refractivity contribution in [2.24, 2.45) is 0 Å². The normalized spacial score (nSPS) is 29.6. The van der Waals surface area contributed by atoms with Crippen molar-refractivity contribution >= 4 is 27.9 Å². The molecule has 4 N–H and O–H groups in total. The van der Waals surface area contributed by atoms with E-state index in [-0.39, 0.29) is 13.0 Å². The van der Waals surface area contributed by atoms with Crippen LogP contribution in [0.4, 0.5) is 5.69 Å². The lowest BCUT2D eigenvalue weighted by molar-refractivity contribution is -0.0568. The van der Waals surface area contributed by atoms with Crippen LogP contribution >= 0.6 is 11.3 Å². The molecule has 104 valence electrons. The van der Waals surface area contributed by atoms with Crippen LogP contribution in [-0.4, -0.2) is 34.0 Å². The number of nitriles is 1. The second-order valence-electron chi connectivity index (χ2n) is 4.75. The number of aliphatic hydroxyl groups is 2. The van der Waals surface area contributed by atoms with Gasteiger partial charge in [0.05, 0.1) is 23.1 Å². The van der Waals surface area contributed by atoms with Gasteiger partial charge in [-0.05, 0) is 6.07 Å². The fourth-order valence-corrected chi connectivity index (χ4v) is 3.67. The standard InChI is InChI=1S/C13H13N3O3S/c14-6-13(10(18)3-7(4-17)19-13)12-11-8(5-20-12)9(15)1-2-16-11/h1-2,5,7,10,17-18H,3-4,15H2/t7-,10+,13+/m0/s1. The van der Waals surface area contributed by atoms with Crippen molar-refractivity contribution in [3.8, 4) is 6.07 Å². The fraction of sp³-hybridized carbons (Fsp3) is 0.385. The maximum atomic E-state index is 10.2. The highest BCUT2D eigenvalue weighted by Crippen LogP contribution is 2.45. The number of nitrogens with zero attached hydrogens (tertiary/aromatic N) is 2. The summed E-state index contributed by atoms with van der Waals surface area (Å²) in [6, 6.07) is 3.73. The minimum absolute atomic E-state index is 0.214. The number of ether oxygens (including phenoxy) is 1. The first-order chi connectivity index (χ1) is 9.62. The molecule has 0 spiro atoms. The average molecular weight is 291 g/mol. The molecule has 0 amide bonds. The number of nitrogens with two attached hydrogens (primary N) is 1. The number of hydrogen-bond acceptors (Lipinski definition) is 7. The molecule has 1 aliphatic heterocycles. The molecule has 3 atom stereocenters. The van der Waals surface area contributed by atoms with Gasteiger partial charge in [0.25, 0.3) is 0 Å². The molecule has 2 aromatic rings. The number of hydrogen-bond donors (Lipinski definition) is 3. The maximum absolute atomic E-state index is 10.2. The monoisotopic (exact) mass is 291 g/mol. The van der Waals surface area contributed by atoms with Crippen LogP contribution in [0.15, 0.2) is 17.6 Å². The molecule has 7 heteroatoms. The zero-order valence-electron chi connectivity index (χ0n) is 10.5. The van der Waals surface area contributed by atoms with E-state index >= 15 is 0 Å². The van der Waals surface area contributed by atoms with E-state index in [1.807, 2.05) is 0 Å². The zero-order chi connectivity index (χ0) is 14.3. The van der Waals surface area contributed by atoms with Gasteiger partial charge in [0.1, 0.15) is 12.2 Å². The number of aliphatic hydroxyl groups excluding tert-OH is 2. The number of anilines is 1. The molecular weight excluding hydrogens is 278 g/mol. The summed E-state index contributed by atoms with van der Waals surface area (Å²) >= 11 is 1.28. The molecule has 0 radical (unpaired) electrons. The van der Waals surface area contributed by atoms with Gasteiger partial charge >= 0.3 is 0 Å². The second kappa shape index (κ2) is 4.68. The van der Waals surface area contributed by atoms with Crippen molar-refractivity contribution in [3.05, 3.63) is 22.5 Å². The van der Waals surface area contributed by atoms with Crippen LogP contribution in [0.1, 0.15) is 11.3 Å². The number of nitrogen functional groups attached to an aromatic ring is 1. The quantitative estimate of drug-likeness (QED) is 0.752. The Kier molecular flexibility index (Phi) is 3.11. The molecule has 0 bridgehead atoms. The number of pyridine rings is 1. The van der Waals surface area contributed by atoms with E-state index in [0.29, 0.717) is 16.1 Å². The lowest BCUT2D eigenvalue weighted by Crippen LogP contribution is -2.34. The van der Waals surface area contributed by atoms with Crippen molar-refractivity contribution in [3.63, 3.8) is 0 Å². The molecule has 0 unspecified atom stereocenters. The van der Waals surface area contributed by atoms with E-state index in [9.17, 15) is 15.5 Å². The fourth-order valence-electron chi connectivity index (χ4n) is 2.50. The van der Waals surface area contributed by atoms with Crippen molar-refractivity contribution in [2.75, 3.05) is 12.3 Å². The Bertz CT molecular complexity index is 696. The zero-order valence-corrected chi connectivity index (χ0v) is 11.3. The van der Waals surface area contributed by atoms with Gasteiger partial charge < -0.3 is 20.7 Å². The molecule has 1 fully saturated rings. The molecule has 3 rings (SSSR count). The molecule has 6 nitrogen and oxygen atoms in total. The van der Waals surface area contributed by atoms with E-state index in [1.165, 1.54) is 11.3 Å². The Morgan fingerprint density at radius 3 is 3.10 bits per heavy atom. The van der Waals surface area contributed by atoms with Gasteiger partial charge in [0.2, 0.25) is 5.60 Å². The molecule has 1 saturated heterocycles. The van der Waals surface area contributed by atoms with Crippen LogP contribution in [0.25, 0.3) is 10.9 Å². The first-order valence-electron chi connectivity index (χ1n) is 6.12. The molecular formula is C13H13N3O3S. The third kappa shape index (κ3) is 1.70. The van der Waals surface area contributed by atoms with Gasteiger partial charge in [0.15, 0.2) is 0 Å². The Hall–Kier alpha value is -1.72. The maximum Gasteiger partial charge on any atom is 0.217 e. The number of thiophene rings is 1. The third-order valence-corrected chi connectivity index (χ3v) is 4.63. The Morgan fingerprint density at radius 2 is 2.45 bits per heavy atom. The first kappa shape index (κ1) is 13.3. The van der Waals surface area contributed by atoms with E-state index in [2.05, 4.69) is 11.1 Å². The Labute approximate surface area is 119 Å². The summed E-state index contributed by atoms with van der Waals surface area (Å²) in [5, 5.41) is 31.5. The van der Waals surface area contributed by atoms with E-state index in [1.54, 1.807) is 17.6 Å². The molecule has 20 heavy (non-hydrogen) atoms. The van der Waals surface area contributed by atoms with Gasteiger partial charge in [0, 0.05) is 29.1 Å². The van der Waals surface area contributed by atoms with E-state index < -0.39 is 17.8 Å². The Morgan fingerprint density at radius 1 is 1.65 bits per heavy atom. The number of rotatable bonds is 2. The van der Waals surface area contributed by atoms with Crippen molar-refractivity contribution in [1.82, 2.24) is 4.98 Å². The predicted molar refractivity (Wildman–Crippen MR) is 73.9 cm³/mol. The smallest absolute Gasteiger partial charge is 0.217 e. The largest absolute Gasteiger partial charge is 0.398 e. The summed E-state index contributed by atoms with van der Waals surface area (Å²) in [4.78, 5) is 4.78. The van der Waals surface area contributed by atoms with E-state index in [4.69, 9.17) is 10.5 Å². The summed E-state index contributed by atoms with van der Waals surface area (Å²) in [6.45, 7) is -0.237. The second-order valence-corrected chi connectivity index (χ2v) is 5.63. The van der Waals surface area contributed by atoms with Gasteiger partial charge in [-0.3, -0.25) is 4.98 Å². The summed E-state index contributed by atoms with van der Waals surface area (Å²) in [5.74, 6) is 0. The SMILES string of the molecule is N#C[C@@]1(c2scc3c(N)ccnc23)O[C@H](CO)C[C@H]1O. The third-order valence-electron chi connectivity index (χ3n) is 3.55. The van der Waals surface area contributed by atoms with Crippen LogP contribution in [0.5, 0.6) is 0 Å². The first-order valence-corrected chi connectivity index (χ1v) is 7.00. The van der Waals surface area contributed by atoms with Gasteiger partial charge in [-0.25, -0.2) is 0 Å². The minimum Gasteiger partial charge on any atom is -0.398 e. The van der Waals surface area contributed by atoms with Crippen molar-refractivity contribution < 1.29 is 14.9 Å². The molecule has 3 heterocycles. The molecule has 2 aromatic heterocycles. The highest BCUT2D eigenvalue weighted by atomic mass is 32.1. The number of aromatic nitrogens is 1. The molecule has 0 aromatic carbocycles. The highest BCUT2D eigenvalue weighted by Gasteiger charge is 2.52. The summed E-state index contributed by atoms with van der Waals surface area (Å²) < 4.78 is 5.62. The Balaban J connectivity index is 2.18.